The van der Waals surface area contributed by atoms with Gasteiger partial charge in [0.25, 0.3) is 5.91 Å². The summed E-state index contributed by atoms with van der Waals surface area (Å²) in [4.78, 5) is 30.7. The van der Waals surface area contributed by atoms with E-state index >= 15 is 0 Å². The van der Waals surface area contributed by atoms with Crippen molar-refractivity contribution in [2.75, 3.05) is 6.54 Å². The van der Waals surface area contributed by atoms with Crippen LogP contribution in [0.4, 0.5) is 0 Å². The molecule has 8 heteroatoms. The van der Waals surface area contributed by atoms with E-state index in [2.05, 4.69) is 10.1 Å². The predicted molar refractivity (Wildman–Crippen MR) is 103 cm³/mol. The highest BCUT2D eigenvalue weighted by molar-refractivity contribution is 7.13. The number of nitrogens with zero attached hydrogens (tertiary/aromatic N) is 4. The Morgan fingerprint density at radius 1 is 1.19 bits per heavy atom. The molecule has 0 fully saturated rings. The predicted octanol–water partition coefficient (Wildman–Crippen LogP) is 3.32. The smallest absolute Gasteiger partial charge is 0.305 e. The minimum atomic E-state index is -0.949. The van der Waals surface area contributed by atoms with Crippen molar-refractivity contribution in [3.63, 3.8) is 0 Å². The molecule has 0 saturated carbocycles. The van der Waals surface area contributed by atoms with Gasteiger partial charge in [0, 0.05) is 12.6 Å². The second kappa shape index (κ2) is 8.13. The number of carboxylic acids is 1. The topological polar surface area (TPSA) is 88.3 Å². The second-order valence-electron chi connectivity index (χ2n) is 6.22. The summed E-state index contributed by atoms with van der Waals surface area (Å²) in [7, 11) is 0. The average Bonchev–Trinajstić information content (AvgIpc) is 3.31. The average molecular weight is 384 g/mol. The van der Waals surface area contributed by atoms with Gasteiger partial charge in [-0.15, -0.1) is 16.4 Å². The van der Waals surface area contributed by atoms with Gasteiger partial charge in [0.2, 0.25) is 5.82 Å². The lowest BCUT2D eigenvalue weighted by Crippen LogP contribution is -2.39. The van der Waals surface area contributed by atoms with Crippen molar-refractivity contribution in [3.8, 4) is 16.4 Å². The summed E-state index contributed by atoms with van der Waals surface area (Å²) in [6, 6.07) is 13.2. The Morgan fingerprint density at radius 3 is 2.52 bits per heavy atom. The third-order valence-corrected chi connectivity index (χ3v) is 4.86. The number of hydrogen-bond acceptors (Lipinski definition) is 5. The van der Waals surface area contributed by atoms with Crippen molar-refractivity contribution in [2.24, 2.45) is 0 Å². The van der Waals surface area contributed by atoms with Crippen LogP contribution in [0.1, 0.15) is 30.9 Å². The molecule has 0 saturated heterocycles. The minimum Gasteiger partial charge on any atom is -0.481 e. The van der Waals surface area contributed by atoms with Gasteiger partial charge >= 0.3 is 5.97 Å². The zero-order valence-electron chi connectivity index (χ0n) is 15.1. The van der Waals surface area contributed by atoms with Gasteiger partial charge in [-0.05, 0) is 37.4 Å². The summed E-state index contributed by atoms with van der Waals surface area (Å²) in [6.45, 7) is 3.79. The Morgan fingerprint density at radius 2 is 1.93 bits per heavy atom. The van der Waals surface area contributed by atoms with Gasteiger partial charge in [0.15, 0.2) is 5.82 Å². The number of rotatable bonds is 7. The Bertz CT molecular complexity index is 920. The third-order valence-electron chi connectivity index (χ3n) is 3.99. The normalized spacial score (nSPS) is 10.9. The fraction of sp³-hybridized carbons (Fsp3) is 0.263. The van der Waals surface area contributed by atoms with Gasteiger partial charge in [-0.25, -0.2) is 9.67 Å². The Kier molecular flexibility index (Phi) is 5.66. The quantitative estimate of drug-likeness (QED) is 0.675. The molecule has 0 unspecified atom stereocenters. The zero-order chi connectivity index (χ0) is 19.4. The fourth-order valence-electron chi connectivity index (χ4n) is 2.66. The number of para-hydroxylation sites is 1. The number of aromatic nitrogens is 3. The van der Waals surface area contributed by atoms with Crippen LogP contribution in [0.15, 0.2) is 47.8 Å². The SMILES string of the molecule is CC(C)N(CCC(=O)O)C(=O)c1nc(-c2cccs2)n(-c2ccccc2)n1. The molecule has 0 bridgehead atoms. The maximum absolute atomic E-state index is 13.0. The van der Waals surface area contributed by atoms with Gasteiger partial charge in [-0.3, -0.25) is 9.59 Å². The van der Waals surface area contributed by atoms with Crippen LogP contribution in [-0.2, 0) is 4.79 Å². The van der Waals surface area contributed by atoms with Crippen molar-refractivity contribution in [1.82, 2.24) is 19.7 Å². The van der Waals surface area contributed by atoms with Crippen molar-refractivity contribution in [3.05, 3.63) is 53.7 Å². The van der Waals surface area contributed by atoms with Crippen molar-refractivity contribution >= 4 is 23.2 Å². The van der Waals surface area contributed by atoms with Crippen LogP contribution in [0.25, 0.3) is 16.4 Å². The molecular weight excluding hydrogens is 364 g/mol. The molecule has 27 heavy (non-hydrogen) atoms. The first-order valence-corrected chi connectivity index (χ1v) is 9.44. The first kappa shape index (κ1) is 18.8. The molecule has 140 valence electrons. The Hall–Kier alpha value is -3.00. The standard InChI is InChI=1S/C19H20N4O3S/c1-13(2)22(11-10-16(24)25)19(26)17-20-18(15-9-6-12-27-15)23(21-17)14-7-4-3-5-8-14/h3-9,12-13H,10-11H2,1-2H3,(H,24,25). The highest BCUT2D eigenvalue weighted by Crippen LogP contribution is 2.26. The van der Waals surface area contributed by atoms with Crippen LogP contribution in [0.2, 0.25) is 0 Å². The fourth-order valence-corrected chi connectivity index (χ4v) is 3.35. The molecule has 0 aliphatic heterocycles. The lowest BCUT2D eigenvalue weighted by atomic mass is 10.2. The van der Waals surface area contributed by atoms with Crippen molar-refractivity contribution in [2.45, 2.75) is 26.3 Å². The first-order chi connectivity index (χ1) is 13.0. The van der Waals surface area contributed by atoms with Crippen LogP contribution < -0.4 is 0 Å². The van der Waals surface area contributed by atoms with E-state index in [1.807, 2.05) is 61.7 Å². The van der Waals surface area contributed by atoms with Gasteiger partial charge in [0.1, 0.15) is 0 Å². The molecule has 3 aromatic rings. The van der Waals surface area contributed by atoms with E-state index in [-0.39, 0.29) is 30.7 Å². The first-order valence-electron chi connectivity index (χ1n) is 8.56. The lowest BCUT2D eigenvalue weighted by Gasteiger charge is -2.24. The van der Waals surface area contributed by atoms with Crippen LogP contribution >= 0.6 is 11.3 Å². The maximum atomic E-state index is 13.0. The van der Waals surface area contributed by atoms with Gasteiger partial charge in [-0.2, -0.15) is 0 Å². The van der Waals surface area contributed by atoms with Crippen LogP contribution in [0.3, 0.4) is 0 Å². The summed E-state index contributed by atoms with van der Waals surface area (Å²) < 4.78 is 1.65. The molecule has 2 heterocycles. The minimum absolute atomic E-state index is 0.0568. The van der Waals surface area contributed by atoms with E-state index in [9.17, 15) is 9.59 Å². The largest absolute Gasteiger partial charge is 0.481 e. The van der Waals surface area contributed by atoms with Crippen LogP contribution in [-0.4, -0.2) is 49.2 Å². The number of carbonyl (C=O) groups is 2. The van der Waals surface area contributed by atoms with E-state index in [1.165, 1.54) is 16.2 Å². The van der Waals surface area contributed by atoms with E-state index in [1.54, 1.807) is 4.68 Å². The molecule has 0 aliphatic rings. The number of amides is 1. The van der Waals surface area contributed by atoms with Gasteiger partial charge < -0.3 is 10.0 Å². The zero-order valence-corrected chi connectivity index (χ0v) is 15.9. The monoisotopic (exact) mass is 384 g/mol. The molecule has 0 spiro atoms. The molecule has 3 rings (SSSR count). The Balaban J connectivity index is 2.01. The molecule has 0 aliphatic carbocycles. The number of hydrogen-bond donors (Lipinski definition) is 1. The summed E-state index contributed by atoms with van der Waals surface area (Å²) in [5.41, 5.74) is 0.800. The molecule has 2 aromatic heterocycles. The van der Waals surface area contributed by atoms with Crippen molar-refractivity contribution < 1.29 is 14.7 Å². The molecule has 1 N–H and O–H groups in total. The van der Waals surface area contributed by atoms with E-state index in [0.29, 0.717) is 5.82 Å². The molecule has 7 nitrogen and oxygen atoms in total. The molecule has 0 atom stereocenters. The number of aliphatic carboxylic acids is 1. The highest BCUT2D eigenvalue weighted by atomic mass is 32.1. The second-order valence-corrected chi connectivity index (χ2v) is 7.17. The van der Waals surface area contributed by atoms with Crippen molar-refractivity contribution in [1.29, 1.82) is 0 Å². The summed E-state index contributed by atoms with van der Waals surface area (Å²) >= 11 is 1.51. The van der Waals surface area contributed by atoms with E-state index < -0.39 is 5.97 Å². The van der Waals surface area contributed by atoms with Crippen LogP contribution in [0, 0.1) is 0 Å². The third kappa shape index (κ3) is 4.22. The lowest BCUT2D eigenvalue weighted by molar-refractivity contribution is -0.137. The summed E-state index contributed by atoms with van der Waals surface area (Å²) in [6.07, 6.45) is -0.124. The summed E-state index contributed by atoms with van der Waals surface area (Å²) in [5, 5.41) is 15.3. The van der Waals surface area contributed by atoms with E-state index in [4.69, 9.17) is 5.11 Å². The van der Waals surface area contributed by atoms with Gasteiger partial charge in [0.05, 0.1) is 17.0 Å². The van der Waals surface area contributed by atoms with E-state index in [0.717, 1.165) is 10.6 Å². The highest BCUT2D eigenvalue weighted by Gasteiger charge is 2.25. The van der Waals surface area contributed by atoms with Gasteiger partial charge in [-0.1, -0.05) is 24.3 Å². The number of carbonyl (C=O) groups excluding carboxylic acids is 1. The number of carboxylic acid groups (broad SMARTS) is 1. The summed E-state index contributed by atoms with van der Waals surface area (Å²) in [5.74, 6) is -0.683. The molecular formula is C19H20N4O3S. The number of benzene rings is 1. The Labute approximate surface area is 160 Å². The van der Waals surface area contributed by atoms with Crippen LogP contribution in [0.5, 0.6) is 0 Å². The molecule has 1 aromatic carbocycles. The number of thiophene rings is 1. The molecule has 1 amide bonds. The maximum Gasteiger partial charge on any atom is 0.305 e. The molecule has 0 radical (unpaired) electrons.